The molecule has 0 radical (unpaired) electrons. The summed E-state index contributed by atoms with van der Waals surface area (Å²) in [7, 11) is -3.31. The van der Waals surface area contributed by atoms with Crippen LogP contribution in [0.5, 0.6) is 0 Å². The van der Waals surface area contributed by atoms with Gasteiger partial charge in [0.25, 0.3) is 6.04 Å². The first-order chi connectivity index (χ1) is 13.3. The molecule has 1 aromatic carbocycles. The summed E-state index contributed by atoms with van der Waals surface area (Å²) in [5, 5.41) is 0.955. The van der Waals surface area contributed by atoms with Crippen LogP contribution in [0, 0.1) is 10.2 Å². The summed E-state index contributed by atoms with van der Waals surface area (Å²) >= 11 is 0. The van der Waals surface area contributed by atoms with Gasteiger partial charge in [-0.1, -0.05) is 25.1 Å². The van der Waals surface area contributed by atoms with Crippen molar-refractivity contribution < 1.29 is 42.6 Å². The number of carbonyl (C=O) groups is 1. The second-order valence-electron chi connectivity index (χ2n) is 7.22. The molecule has 1 N–H and O–H groups in total. The number of rotatable bonds is 4. The fourth-order valence-corrected chi connectivity index (χ4v) is 5.25. The quantitative estimate of drug-likeness (QED) is 0.506. The number of esters is 1. The van der Waals surface area contributed by atoms with Gasteiger partial charge in [0.2, 0.25) is 5.71 Å². The summed E-state index contributed by atoms with van der Waals surface area (Å²) in [5.41, 5.74) is 1.72. The number of H-pyrrole nitrogens is 1. The van der Waals surface area contributed by atoms with Gasteiger partial charge in [-0.25, -0.2) is 9.37 Å². The number of hydrogen-bond acceptors (Lipinski definition) is 6. The topological polar surface area (TPSA) is 124 Å². The van der Waals surface area contributed by atoms with Gasteiger partial charge >= 0.3 is 11.6 Å². The maximum Gasteiger partial charge on any atom is 0.375 e. The maximum absolute atomic E-state index is 12.6. The maximum atomic E-state index is 12.6. The van der Waals surface area contributed by atoms with Crippen molar-refractivity contribution in [3.63, 3.8) is 0 Å². The number of ether oxygens (including phenoxy) is 1. The van der Waals surface area contributed by atoms with E-state index in [1.165, 1.54) is 7.11 Å². The van der Waals surface area contributed by atoms with Crippen molar-refractivity contribution in [3.05, 3.63) is 35.5 Å². The van der Waals surface area contributed by atoms with Crippen LogP contribution in [0.3, 0.4) is 0 Å². The van der Waals surface area contributed by atoms with E-state index in [1.807, 2.05) is 28.8 Å². The van der Waals surface area contributed by atoms with Gasteiger partial charge in [-0.2, -0.15) is 14.0 Å². The molecule has 28 heavy (non-hydrogen) atoms. The van der Waals surface area contributed by atoms with Gasteiger partial charge in [-0.3, -0.25) is 0 Å². The Morgan fingerprint density at radius 1 is 1.36 bits per heavy atom. The lowest BCUT2D eigenvalue weighted by atomic mass is 9.80. The third kappa shape index (κ3) is 3.01. The number of aromatic nitrogens is 1. The lowest BCUT2D eigenvalue weighted by Gasteiger charge is -2.34. The van der Waals surface area contributed by atoms with Crippen molar-refractivity contribution in [2.24, 2.45) is 0 Å². The van der Waals surface area contributed by atoms with E-state index in [9.17, 15) is 18.8 Å². The average molecular weight is 410 g/mol. The number of hydrogen-bond donors (Lipinski definition) is 1. The first-order valence-electron chi connectivity index (χ1n) is 9.23. The Kier molecular flexibility index (Phi) is 4.71. The van der Waals surface area contributed by atoms with Crippen molar-refractivity contribution in [1.29, 1.82) is 0 Å². The molecule has 0 amide bonds. The van der Waals surface area contributed by atoms with Gasteiger partial charge in [-0.15, -0.1) is 0 Å². The van der Waals surface area contributed by atoms with Crippen LogP contribution in [0.15, 0.2) is 24.3 Å². The highest BCUT2D eigenvalue weighted by Gasteiger charge is 2.60. The Balaban J connectivity index is 2.00. The van der Waals surface area contributed by atoms with Gasteiger partial charge in [0.1, 0.15) is 12.2 Å². The van der Waals surface area contributed by atoms with Crippen LogP contribution >= 0.6 is 0 Å². The first kappa shape index (κ1) is 19.4. The first-order valence-corrected chi connectivity index (χ1v) is 10.5. The summed E-state index contributed by atoms with van der Waals surface area (Å²) in [5.74, 6) is -0.400. The van der Waals surface area contributed by atoms with E-state index in [0.29, 0.717) is 31.5 Å². The molecule has 2 unspecified atom stereocenters. The van der Waals surface area contributed by atoms with Crippen molar-refractivity contribution >= 4 is 22.6 Å². The Hall–Kier alpha value is -1.97. The normalized spacial score (nSPS) is 24.8. The van der Waals surface area contributed by atoms with E-state index >= 15 is 0 Å². The van der Waals surface area contributed by atoms with Crippen molar-refractivity contribution in [2.75, 3.05) is 13.7 Å². The van der Waals surface area contributed by atoms with Gasteiger partial charge in [0.15, 0.2) is 0 Å². The van der Waals surface area contributed by atoms with Crippen LogP contribution in [0.1, 0.15) is 37.4 Å². The number of nitrogens with one attached hydrogen (secondary N) is 1. The summed E-state index contributed by atoms with van der Waals surface area (Å²) in [6.07, 6.45) is 1.66. The molecule has 2 aromatic rings. The Bertz CT molecular complexity index is 963. The highest BCUT2D eigenvalue weighted by molar-refractivity contribution is 6.08. The van der Waals surface area contributed by atoms with Crippen LogP contribution < -0.4 is 14.0 Å². The molecule has 0 saturated carbocycles. The molecule has 1 aromatic heterocycles. The third-order valence-corrected chi connectivity index (χ3v) is 6.29. The number of carbonyl (C=O) groups excluding carboxylic acids is 1. The number of para-hydroxylation sites is 1. The predicted molar refractivity (Wildman–Crippen MR) is 90.4 cm³/mol. The number of halogens is 1. The van der Waals surface area contributed by atoms with Crippen molar-refractivity contribution in [1.82, 2.24) is 4.98 Å². The molecule has 150 valence electrons. The lowest BCUT2D eigenvalue weighted by Crippen LogP contribution is -2.68. The Morgan fingerprint density at radius 3 is 2.79 bits per heavy atom. The largest absolute Gasteiger partial charge is 0.464 e. The molecule has 9 heteroatoms. The molecule has 2 aliphatic rings. The van der Waals surface area contributed by atoms with Crippen molar-refractivity contribution in [2.45, 2.75) is 44.2 Å². The monoisotopic (exact) mass is 409 g/mol. The number of fused-ring (bicyclic) bond motifs is 4. The summed E-state index contributed by atoms with van der Waals surface area (Å²) in [4.78, 5) is 15.9. The van der Waals surface area contributed by atoms with E-state index in [-0.39, 0.29) is 6.42 Å². The highest BCUT2D eigenvalue weighted by Crippen LogP contribution is 2.39. The van der Waals surface area contributed by atoms with Gasteiger partial charge in [-0.05, 0) is 11.6 Å². The molecule has 3 heterocycles. The fraction of sp³-hybridized carbons (Fsp3) is 0.474. The standard InChI is InChI=1S/C19H21ClN2O6/c1-3-19(28-20(24,25)26)9-6-10-22-15(18(23)27-2)11-13-12-7-4-5-8-14(12)21-16(13)17(19)22/h4-5,7-8,15H,3,6,9-11H2,1-2H3/p+1. The minimum absolute atomic E-state index is 0.274. The molecule has 0 spiro atoms. The van der Waals surface area contributed by atoms with E-state index < -0.39 is 27.9 Å². The summed E-state index contributed by atoms with van der Waals surface area (Å²) in [6.45, 7) is 2.33. The molecule has 4 rings (SSSR count). The van der Waals surface area contributed by atoms with E-state index in [4.69, 9.17) is 9.03 Å². The number of aromatic amines is 1. The minimum Gasteiger partial charge on any atom is -0.464 e. The molecule has 0 saturated heterocycles. The second-order valence-corrected chi connectivity index (χ2v) is 8.13. The van der Waals surface area contributed by atoms with Crippen LogP contribution in [0.2, 0.25) is 0 Å². The second kappa shape index (κ2) is 6.82. The molecular weight excluding hydrogens is 388 g/mol. The fourth-order valence-electron chi connectivity index (χ4n) is 4.63. The van der Waals surface area contributed by atoms with Gasteiger partial charge < -0.3 is 9.72 Å². The molecule has 0 fully saturated rings. The van der Waals surface area contributed by atoms with E-state index in [2.05, 4.69) is 4.98 Å². The molecule has 2 atom stereocenters. The van der Waals surface area contributed by atoms with Crippen LogP contribution in [-0.4, -0.2) is 46.5 Å². The van der Waals surface area contributed by atoms with Crippen LogP contribution in [0.25, 0.3) is 10.9 Å². The Morgan fingerprint density at radius 2 is 2.11 bits per heavy atom. The minimum atomic E-state index is -4.64. The highest BCUT2D eigenvalue weighted by atomic mass is 35.7. The SMILES string of the molecule is CCC1(O[Cl+3]([O-])([O-])[O-])CCC[N+]2=C1c1[nH]c3ccccc3c1CC2C(=O)OC. The zero-order valence-corrected chi connectivity index (χ0v) is 16.5. The Labute approximate surface area is 164 Å². The van der Waals surface area contributed by atoms with E-state index in [0.717, 1.165) is 22.2 Å². The lowest BCUT2D eigenvalue weighted by molar-refractivity contribution is -1.92. The molecular formula is C19H22ClN2O6+. The zero-order chi connectivity index (χ0) is 20.1. The van der Waals surface area contributed by atoms with Crippen LogP contribution in [0.4, 0.5) is 0 Å². The third-order valence-electron chi connectivity index (χ3n) is 5.81. The van der Waals surface area contributed by atoms with Crippen molar-refractivity contribution in [3.8, 4) is 0 Å². The van der Waals surface area contributed by atoms with E-state index in [1.54, 1.807) is 6.92 Å². The molecule has 8 nitrogen and oxygen atoms in total. The summed E-state index contributed by atoms with van der Waals surface area (Å²) < 4.78 is 46.7. The smallest absolute Gasteiger partial charge is 0.375 e. The molecule has 0 aliphatic carbocycles. The molecule has 2 aliphatic heterocycles. The zero-order valence-electron chi connectivity index (χ0n) is 15.7. The molecule has 0 bridgehead atoms. The van der Waals surface area contributed by atoms with Gasteiger partial charge in [0, 0.05) is 36.6 Å². The van der Waals surface area contributed by atoms with Gasteiger partial charge in [0.05, 0.1) is 21.6 Å². The number of methoxy groups -OCH3 is 1. The predicted octanol–water partition coefficient (Wildman–Crippen LogP) is -1.08. The average Bonchev–Trinajstić information content (AvgIpc) is 3.03. The number of nitrogens with zero attached hydrogens (tertiary/aromatic N) is 1. The summed E-state index contributed by atoms with van der Waals surface area (Å²) in [6, 6.07) is 7.08. The number of benzene rings is 1. The van der Waals surface area contributed by atoms with Crippen LogP contribution in [-0.2, 0) is 20.2 Å².